The van der Waals surface area contributed by atoms with Gasteiger partial charge in [0.05, 0.1) is 11.6 Å². The summed E-state index contributed by atoms with van der Waals surface area (Å²) in [7, 11) is 0. The standard InChI is InChI=1S/C18H16F6N4O/c1-3-13-9(2)16(17(19,20)21,18(22,23)24)12(8-25)14(26)28(13)11-6-4-10(5-7-11)15(27)29/h3-7,9H,26H2,1-2H3,(H2,27,29). The van der Waals surface area contributed by atoms with Crippen LogP contribution in [-0.4, -0.2) is 18.3 Å². The first-order valence-electron chi connectivity index (χ1n) is 8.15. The lowest BCUT2D eigenvalue weighted by atomic mass is 9.65. The molecule has 1 heterocycles. The predicted octanol–water partition coefficient (Wildman–Crippen LogP) is 3.95. The highest BCUT2D eigenvalue weighted by Crippen LogP contribution is 2.63. The lowest BCUT2D eigenvalue weighted by Crippen LogP contribution is -2.60. The van der Waals surface area contributed by atoms with Gasteiger partial charge in [0.1, 0.15) is 5.82 Å². The fourth-order valence-electron chi connectivity index (χ4n) is 3.61. The van der Waals surface area contributed by atoms with Crippen molar-refractivity contribution in [2.45, 2.75) is 26.2 Å². The van der Waals surface area contributed by atoms with E-state index in [1.807, 2.05) is 0 Å². The number of nitriles is 1. The number of hydrogen-bond donors (Lipinski definition) is 2. The topological polar surface area (TPSA) is 96.1 Å². The third kappa shape index (κ3) is 3.08. The van der Waals surface area contributed by atoms with E-state index < -0.39 is 46.7 Å². The maximum Gasteiger partial charge on any atom is 0.408 e. The number of alkyl halides is 6. The number of primary amides is 1. The van der Waals surface area contributed by atoms with E-state index in [1.165, 1.54) is 31.2 Å². The van der Waals surface area contributed by atoms with E-state index in [0.717, 1.165) is 24.0 Å². The van der Waals surface area contributed by atoms with Crippen LogP contribution in [0.4, 0.5) is 32.0 Å². The number of carbonyl (C=O) groups excluding carboxylic acids is 1. The Hall–Kier alpha value is -3.16. The van der Waals surface area contributed by atoms with Gasteiger partial charge in [-0.25, -0.2) is 0 Å². The number of allylic oxidation sites excluding steroid dienone is 3. The SMILES string of the molecule is CC=C1C(C)C(C(F)(F)F)(C(F)(F)F)C(C#N)=C(N)N1c1ccc(C(N)=O)cc1. The number of carbonyl (C=O) groups is 1. The van der Waals surface area contributed by atoms with Crippen LogP contribution >= 0.6 is 0 Å². The number of amides is 1. The molecule has 29 heavy (non-hydrogen) atoms. The molecule has 0 saturated carbocycles. The van der Waals surface area contributed by atoms with E-state index in [9.17, 15) is 36.4 Å². The molecule has 0 aliphatic carbocycles. The minimum atomic E-state index is -5.84. The zero-order valence-corrected chi connectivity index (χ0v) is 15.2. The molecule has 4 N–H and O–H groups in total. The Balaban J connectivity index is 2.89. The predicted molar refractivity (Wildman–Crippen MR) is 91.7 cm³/mol. The molecule has 1 aliphatic rings. The number of halogens is 6. The first kappa shape index (κ1) is 22.1. The molecule has 0 saturated heterocycles. The van der Waals surface area contributed by atoms with Crippen LogP contribution in [0.3, 0.4) is 0 Å². The molecule has 156 valence electrons. The van der Waals surface area contributed by atoms with Gasteiger partial charge in [-0.3, -0.25) is 4.79 Å². The van der Waals surface area contributed by atoms with Crippen molar-refractivity contribution in [3.8, 4) is 6.07 Å². The summed E-state index contributed by atoms with van der Waals surface area (Å²) in [5.41, 5.74) is 4.47. The Kier molecular flexibility index (Phi) is 5.36. The van der Waals surface area contributed by atoms with Crippen molar-refractivity contribution in [1.29, 1.82) is 5.26 Å². The molecule has 1 unspecified atom stereocenters. The molecule has 1 aromatic rings. The number of nitrogens with two attached hydrogens (primary N) is 2. The Morgan fingerprint density at radius 1 is 1.17 bits per heavy atom. The summed E-state index contributed by atoms with van der Waals surface area (Å²) in [5, 5.41) is 9.29. The summed E-state index contributed by atoms with van der Waals surface area (Å²) in [6, 6.07) is 6.03. The smallest absolute Gasteiger partial charge is 0.384 e. The zero-order chi connectivity index (χ0) is 22.4. The summed E-state index contributed by atoms with van der Waals surface area (Å²) in [6.07, 6.45) is -10.6. The minimum Gasteiger partial charge on any atom is -0.384 e. The average Bonchev–Trinajstić information content (AvgIpc) is 2.60. The number of nitrogens with zero attached hydrogens (tertiary/aromatic N) is 2. The third-order valence-electron chi connectivity index (χ3n) is 4.95. The van der Waals surface area contributed by atoms with Gasteiger partial charge in [-0.2, -0.15) is 31.6 Å². The van der Waals surface area contributed by atoms with Crippen LogP contribution in [0, 0.1) is 22.7 Å². The van der Waals surface area contributed by atoms with E-state index in [2.05, 4.69) is 0 Å². The van der Waals surface area contributed by atoms with Gasteiger partial charge < -0.3 is 16.4 Å². The molecule has 1 aromatic carbocycles. The maximum atomic E-state index is 13.9. The molecule has 0 fully saturated rings. The van der Waals surface area contributed by atoms with Gasteiger partial charge in [-0.15, -0.1) is 0 Å². The normalized spacial score (nSPS) is 21.3. The number of hydrogen-bond acceptors (Lipinski definition) is 4. The molecule has 0 spiro atoms. The number of rotatable bonds is 2. The van der Waals surface area contributed by atoms with Gasteiger partial charge in [0, 0.05) is 22.9 Å². The van der Waals surface area contributed by atoms with Crippen LogP contribution in [0.15, 0.2) is 47.4 Å². The van der Waals surface area contributed by atoms with E-state index >= 15 is 0 Å². The second-order valence-corrected chi connectivity index (χ2v) is 6.36. The number of benzene rings is 1. The summed E-state index contributed by atoms with van der Waals surface area (Å²) >= 11 is 0. The van der Waals surface area contributed by atoms with Crippen molar-refractivity contribution in [1.82, 2.24) is 0 Å². The average molecular weight is 418 g/mol. The fraction of sp³-hybridized carbons (Fsp3) is 0.333. The molecule has 0 radical (unpaired) electrons. The lowest BCUT2D eigenvalue weighted by molar-refractivity contribution is -0.337. The molecule has 0 bridgehead atoms. The van der Waals surface area contributed by atoms with E-state index in [1.54, 1.807) is 0 Å². The largest absolute Gasteiger partial charge is 0.408 e. The second kappa shape index (κ2) is 7.02. The van der Waals surface area contributed by atoms with Crippen LogP contribution in [-0.2, 0) is 0 Å². The summed E-state index contributed by atoms with van der Waals surface area (Å²) < 4.78 is 83.3. The van der Waals surface area contributed by atoms with Gasteiger partial charge >= 0.3 is 12.4 Å². The monoisotopic (exact) mass is 418 g/mol. The lowest BCUT2D eigenvalue weighted by Gasteiger charge is -2.49. The maximum absolute atomic E-state index is 13.9. The van der Waals surface area contributed by atoms with Crippen LogP contribution in [0.2, 0.25) is 0 Å². The first-order valence-corrected chi connectivity index (χ1v) is 8.15. The van der Waals surface area contributed by atoms with Gasteiger partial charge in [-0.05, 0) is 31.2 Å². The number of anilines is 1. The first-order chi connectivity index (χ1) is 13.3. The van der Waals surface area contributed by atoms with Gasteiger partial charge in [0.25, 0.3) is 0 Å². The third-order valence-corrected chi connectivity index (χ3v) is 4.95. The minimum absolute atomic E-state index is 0.0677. The van der Waals surface area contributed by atoms with Crippen LogP contribution in [0.25, 0.3) is 0 Å². The van der Waals surface area contributed by atoms with Crippen molar-refractivity contribution in [3.05, 3.63) is 53.0 Å². The van der Waals surface area contributed by atoms with Crippen LogP contribution in [0.1, 0.15) is 24.2 Å². The van der Waals surface area contributed by atoms with Crippen molar-refractivity contribution in [2.75, 3.05) is 4.90 Å². The van der Waals surface area contributed by atoms with E-state index in [-0.39, 0.29) is 11.3 Å². The molecule has 5 nitrogen and oxygen atoms in total. The highest BCUT2D eigenvalue weighted by molar-refractivity contribution is 5.93. The molecule has 11 heteroatoms. The summed E-state index contributed by atoms with van der Waals surface area (Å²) in [5.74, 6) is -3.99. The highest BCUT2D eigenvalue weighted by Gasteiger charge is 2.77. The summed E-state index contributed by atoms with van der Waals surface area (Å²) in [6.45, 7) is 2.00. The highest BCUT2D eigenvalue weighted by atomic mass is 19.4. The van der Waals surface area contributed by atoms with Crippen LogP contribution in [0.5, 0.6) is 0 Å². The van der Waals surface area contributed by atoms with Gasteiger partial charge in [0.2, 0.25) is 11.3 Å². The molecule has 2 rings (SSSR count). The zero-order valence-electron chi connectivity index (χ0n) is 15.2. The molecule has 1 aliphatic heterocycles. The van der Waals surface area contributed by atoms with Crippen molar-refractivity contribution in [2.24, 2.45) is 22.8 Å². The molecule has 1 amide bonds. The Bertz CT molecular complexity index is 908. The second-order valence-electron chi connectivity index (χ2n) is 6.36. The quantitative estimate of drug-likeness (QED) is 0.711. The van der Waals surface area contributed by atoms with Crippen LogP contribution < -0.4 is 16.4 Å². The molecule has 0 aromatic heterocycles. The Labute approximate surface area is 161 Å². The Morgan fingerprint density at radius 2 is 1.66 bits per heavy atom. The Morgan fingerprint density at radius 3 is 2.00 bits per heavy atom. The fourth-order valence-corrected chi connectivity index (χ4v) is 3.61. The van der Waals surface area contributed by atoms with E-state index in [0.29, 0.717) is 0 Å². The molecular weight excluding hydrogens is 402 g/mol. The molecule has 1 atom stereocenters. The van der Waals surface area contributed by atoms with Crippen molar-refractivity contribution >= 4 is 11.6 Å². The van der Waals surface area contributed by atoms with E-state index in [4.69, 9.17) is 11.5 Å². The summed E-state index contributed by atoms with van der Waals surface area (Å²) in [4.78, 5) is 12.1. The van der Waals surface area contributed by atoms with Gasteiger partial charge in [0.15, 0.2) is 0 Å². The van der Waals surface area contributed by atoms with Crippen molar-refractivity contribution in [3.63, 3.8) is 0 Å². The van der Waals surface area contributed by atoms with Crippen molar-refractivity contribution < 1.29 is 31.1 Å². The molecular formula is C18H16F6N4O. The van der Waals surface area contributed by atoms with Gasteiger partial charge in [-0.1, -0.05) is 13.0 Å².